The molecule has 1 fully saturated rings. The average molecular weight is 298 g/mol. The number of amides is 1. The van der Waals surface area contributed by atoms with Crippen LogP contribution in [0.2, 0.25) is 0 Å². The monoisotopic (exact) mass is 298 g/mol. The van der Waals surface area contributed by atoms with E-state index in [2.05, 4.69) is 24.1 Å². The van der Waals surface area contributed by atoms with Gasteiger partial charge in [0, 0.05) is 12.1 Å². The van der Waals surface area contributed by atoms with E-state index in [1.807, 2.05) is 13.8 Å². The van der Waals surface area contributed by atoms with E-state index in [-0.39, 0.29) is 17.9 Å². The Morgan fingerprint density at radius 1 is 1.33 bits per heavy atom. The molecule has 0 aliphatic carbocycles. The molecule has 5 heteroatoms. The second-order valence-electron chi connectivity index (χ2n) is 6.46. The van der Waals surface area contributed by atoms with Crippen LogP contribution in [0.5, 0.6) is 0 Å². The number of likely N-dealkylation sites (tertiary alicyclic amines) is 1. The molecular formula is C16H30N2O3. The number of carbonyl (C=O) groups excluding carboxylic acids is 2. The Hall–Kier alpha value is -1.10. The van der Waals surface area contributed by atoms with Crippen LogP contribution in [0.1, 0.15) is 60.3 Å². The molecule has 4 unspecified atom stereocenters. The first-order chi connectivity index (χ1) is 9.76. The van der Waals surface area contributed by atoms with Crippen molar-refractivity contribution in [1.82, 2.24) is 10.2 Å². The molecule has 0 aromatic rings. The van der Waals surface area contributed by atoms with E-state index in [0.717, 1.165) is 19.3 Å². The first-order valence-electron chi connectivity index (χ1n) is 7.94. The van der Waals surface area contributed by atoms with Gasteiger partial charge in [-0.25, -0.2) is 4.79 Å². The van der Waals surface area contributed by atoms with Crippen LogP contribution in [0.4, 0.5) is 0 Å². The summed E-state index contributed by atoms with van der Waals surface area (Å²) in [6, 6.07) is 0.561. The highest BCUT2D eigenvalue weighted by Gasteiger charge is 2.39. The summed E-state index contributed by atoms with van der Waals surface area (Å²) in [6.07, 6.45) is 3.60. The molecule has 1 amide bonds. The van der Waals surface area contributed by atoms with Crippen LogP contribution in [0.3, 0.4) is 0 Å². The van der Waals surface area contributed by atoms with Crippen molar-refractivity contribution >= 4 is 11.9 Å². The Balaban J connectivity index is 2.79. The van der Waals surface area contributed by atoms with E-state index in [0.29, 0.717) is 18.5 Å². The van der Waals surface area contributed by atoms with Gasteiger partial charge in [-0.15, -0.1) is 0 Å². The summed E-state index contributed by atoms with van der Waals surface area (Å²) in [6.45, 7) is 9.94. The lowest BCUT2D eigenvalue weighted by molar-refractivity contribution is -0.151. The van der Waals surface area contributed by atoms with E-state index in [1.54, 1.807) is 6.92 Å². The van der Waals surface area contributed by atoms with Gasteiger partial charge in [-0.2, -0.15) is 0 Å². The minimum Gasteiger partial charge on any atom is -0.467 e. The van der Waals surface area contributed by atoms with Crippen molar-refractivity contribution in [2.75, 3.05) is 7.11 Å². The Bertz CT molecular complexity index is 376. The molecule has 1 saturated heterocycles. The second kappa shape index (κ2) is 7.25. The molecule has 0 aromatic carbocycles. The molecular weight excluding hydrogens is 268 g/mol. The molecule has 5 nitrogen and oxygen atoms in total. The van der Waals surface area contributed by atoms with Crippen LogP contribution in [-0.2, 0) is 14.3 Å². The van der Waals surface area contributed by atoms with Crippen LogP contribution in [0, 0.1) is 0 Å². The highest BCUT2D eigenvalue weighted by molar-refractivity contribution is 5.89. The summed E-state index contributed by atoms with van der Waals surface area (Å²) >= 11 is 0. The fraction of sp³-hybridized carbons (Fsp3) is 0.875. The number of hydrogen-bond donors (Lipinski definition) is 1. The van der Waals surface area contributed by atoms with Gasteiger partial charge < -0.3 is 10.1 Å². The number of hydrogen-bond acceptors (Lipinski definition) is 4. The number of esters is 1. The van der Waals surface area contributed by atoms with Gasteiger partial charge in [0.15, 0.2) is 0 Å². The predicted molar refractivity (Wildman–Crippen MR) is 82.9 cm³/mol. The van der Waals surface area contributed by atoms with Crippen molar-refractivity contribution in [3.63, 3.8) is 0 Å². The van der Waals surface area contributed by atoms with Crippen LogP contribution in [0.25, 0.3) is 0 Å². The van der Waals surface area contributed by atoms with Gasteiger partial charge in [-0.1, -0.05) is 13.3 Å². The molecule has 0 aromatic heterocycles. The SMILES string of the molecule is CCCC(C)(NC(=O)C(C)N1C(C)CCC1C)C(=O)OC. The summed E-state index contributed by atoms with van der Waals surface area (Å²) in [5, 5.41) is 2.91. The summed E-state index contributed by atoms with van der Waals surface area (Å²) in [4.78, 5) is 26.8. The van der Waals surface area contributed by atoms with Crippen molar-refractivity contribution in [2.24, 2.45) is 0 Å². The fourth-order valence-electron chi connectivity index (χ4n) is 3.43. The maximum Gasteiger partial charge on any atom is 0.331 e. The first kappa shape index (κ1) is 18.0. The highest BCUT2D eigenvalue weighted by atomic mass is 16.5. The minimum absolute atomic E-state index is 0.100. The van der Waals surface area contributed by atoms with Crippen molar-refractivity contribution in [3.8, 4) is 0 Å². The summed E-state index contributed by atoms with van der Waals surface area (Å²) in [7, 11) is 1.36. The number of carbonyl (C=O) groups is 2. The lowest BCUT2D eigenvalue weighted by Crippen LogP contribution is -2.58. The molecule has 21 heavy (non-hydrogen) atoms. The standard InChI is InChI=1S/C16H30N2O3/c1-7-10-16(5,15(20)21-6)17-14(19)13(4)18-11(2)8-9-12(18)3/h11-13H,7-10H2,1-6H3,(H,17,19). The fourth-order valence-corrected chi connectivity index (χ4v) is 3.43. The topological polar surface area (TPSA) is 58.6 Å². The lowest BCUT2D eigenvalue weighted by atomic mass is 9.95. The minimum atomic E-state index is -0.943. The third kappa shape index (κ3) is 3.96. The highest BCUT2D eigenvalue weighted by Crippen LogP contribution is 2.26. The average Bonchev–Trinajstić information content (AvgIpc) is 2.76. The van der Waals surface area contributed by atoms with Crippen LogP contribution in [0.15, 0.2) is 0 Å². The van der Waals surface area contributed by atoms with Crippen molar-refractivity contribution in [3.05, 3.63) is 0 Å². The molecule has 1 N–H and O–H groups in total. The molecule has 1 rings (SSSR count). The Kier molecular flexibility index (Phi) is 6.20. The molecule has 0 saturated carbocycles. The lowest BCUT2D eigenvalue weighted by Gasteiger charge is -2.35. The summed E-state index contributed by atoms with van der Waals surface area (Å²) in [5.74, 6) is -0.482. The molecule has 0 radical (unpaired) electrons. The van der Waals surface area contributed by atoms with Gasteiger partial charge in [0.1, 0.15) is 5.54 Å². The number of rotatable bonds is 6. The van der Waals surface area contributed by atoms with Crippen molar-refractivity contribution in [1.29, 1.82) is 0 Å². The van der Waals surface area contributed by atoms with Gasteiger partial charge in [0.25, 0.3) is 0 Å². The molecule has 1 aliphatic heterocycles. The van der Waals surface area contributed by atoms with E-state index in [1.165, 1.54) is 7.11 Å². The van der Waals surface area contributed by atoms with Gasteiger partial charge in [0.2, 0.25) is 5.91 Å². The maximum absolute atomic E-state index is 12.6. The number of nitrogens with one attached hydrogen (secondary N) is 1. The van der Waals surface area contributed by atoms with E-state index in [9.17, 15) is 9.59 Å². The summed E-state index contributed by atoms with van der Waals surface area (Å²) in [5.41, 5.74) is -0.943. The zero-order valence-corrected chi connectivity index (χ0v) is 14.2. The van der Waals surface area contributed by atoms with Gasteiger partial charge in [-0.05, 0) is 47.0 Å². The Morgan fingerprint density at radius 3 is 2.29 bits per heavy atom. The van der Waals surface area contributed by atoms with Crippen LogP contribution in [-0.4, -0.2) is 47.6 Å². The Labute approximate surface area is 128 Å². The number of ether oxygens (including phenoxy) is 1. The Morgan fingerprint density at radius 2 is 1.86 bits per heavy atom. The smallest absolute Gasteiger partial charge is 0.331 e. The first-order valence-corrected chi connectivity index (χ1v) is 7.94. The van der Waals surface area contributed by atoms with Crippen molar-refractivity contribution in [2.45, 2.75) is 84.0 Å². The van der Waals surface area contributed by atoms with Gasteiger partial charge >= 0.3 is 5.97 Å². The van der Waals surface area contributed by atoms with Crippen LogP contribution < -0.4 is 5.32 Å². The zero-order chi connectivity index (χ0) is 16.2. The number of nitrogens with zero attached hydrogens (tertiary/aromatic N) is 1. The molecule has 122 valence electrons. The van der Waals surface area contributed by atoms with Crippen molar-refractivity contribution < 1.29 is 14.3 Å². The largest absolute Gasteiger partial charge is 0.467 e. The molecule has 0 bridgehead atoms. The molecule has 1 heterocycles. The normalized spacial score (nSPS) is 27.0. The molecule has 4 atom stereocenters. The maximum atomic E-state index is 12.6. The molecule has 1 aliphatic rings. The molecule has 0 spiro atoms. The van der Waals surface area contributed by atoms with E-state index < -0.39 is 5.54 Å². The second-order valence-corrected chi connectivity index (χ2v) is 6.46. The summed E-state index contributed by atoms with van der Waals surface area (Å²) < 4.78 is 4.85. The van der Waals surface area contributed by atoms with Gasteiger partial charge in [0.05, 0.1) is 13.2 Å². The predicted octanol–water partition coefficient (Wildman–Crippen LogP) is 2.10. The van der Waals surface area contributed by atoms with E-state index >= 15 is 0 Å². The van der Waals surface area contributed by atoms with Gasteiger partial charge in [-0.3, -0.25) is 9.69 Å². The quantitative estimate of drug-likeness (QED) is 0.763. The third-order valence-corrected chi connectivity index (χ3v) is 4.63. The zero-order valence-electron chi connectivity index (χ0n) is 14.2. The number of methoxy groups -OCH3 is 1. The van der Waals surface area contributed by atoms with E-state index in [4.69, 9.17) is 4.74 Å². The van der Waals surface area contributed by atoms with Crippen LogP contribution >= 0.6 is 0 Å². The third-order valence-electron chi connectivity index (χ3n) is 4.63.